The highest BCUT2D eigenvalue weighted by molar-refractivity contribution is 9.10. The fraction of sp³-hybridized carbons (Fsp3) is 0.600. The first kappa shape index (κ1) is 15.2. The smallest absolute Gasteiger partial charge is 0.387 e. The number of likely N-dealkylation sites (tertiary alicyclic amines) is 1. The van der Waals surface area contributed by atoms with Gasteiger partial charge in [0.15, 0.2) is 0 Å². The van der Waals surface area contributed by atoms with Gasteiger partial charge in [0, 0.05) is 41.8 Å². The summed E-state index contributed by atoms with van der Waals surface area (Å²) in [4.78, 5) is 2.52. The van der Waals surface area contributed by atoms with Crippen molar-refractivity contribution in [3.63, 3.8) is 0 Å². The van der Waals surface area contributed by atoms with E-state index >= 15 is 0 Å². The number of benzene rings is 1. The molecule has 1 heterocycles. The van der Waals surface area contributed by atoms with Crippen LogP contribution in [0.4, 0.5) is 8.78 Å². The van der Waals surface area contributed by atoms with Crippen molar-refractivity contribution in [2.45, 2.75) is 44.5 Å². The van der Waals surface area contributed by atoms with E-state index in [9.17, 15) is 8.78 Å². The molecule has 1 aromatic rings. The zero-order valence-electron chi connectivity index (χ0n) is 11.7. The molecule has 2 fully saturated rings. The molecule has 21 heavy (non-hydrogen) atoms. The molecule has 2 aliphatic rings. The van der Waals surface area contributed by atoms with E-state index in [4.69, 9.17) is 0 Å². The highest BCUT2D eigenvalue weighted by Crippen LogP contribution is 2.30. The van der Waals surface area contributed by atoms with Gasteiger partial charge in [0.05, 0.1) is 0 Å². The van der Waals surface area contributed by atoms with Crippen molar-refractivity contribution in [3.8, 4) is 5.75 Å². The first-order chi connectivity index (χ1) is 10.1. The Morgan fingerprint density at radius 3 is 2.86 bits per heavy atom. The molecule has 1 aliphatic heterocycles. The lowest BCUT2D eigenvalue weighted by Gasteiger charge is -2.17. The molecule has 1 unspecified atom stereocenters. The highest BCUT2D eigenvalue weighted by Gasteiger charge is 2.34. The average Bonchev–Trinajstić information content (AvgIpc) is 3.18. The Hall–Kier alpha value is -0.720. The van der Waals surface area contributed by atoms with Gasteiger partial charge in [-0.25, -0.2) is 0 Å². The van der Waals surface area contributed by atoms with E-state index in [1.54, 1.807) is 12.1 Å². The Bertz CT molecular complexity index is 497. The Morgan fingerprint density at radius 2 is 2.14 bits per heavy atom. The van der Waals surface area contributed by atoms with Crippen molar-refractivity contribution in [1.82, 2.24) is 10.2 Å². The molecular formula is C15H19BrF2N2O. The predicted molar refractivity (Wildman–Crippen MR) is 80.6 cm³/mol. The summed E-state index contributed by atoms with van der Waals surface area (Å²) in [6.07, 6.45) is 3.77. The Morgan fingerprint density at radius 1 is 1.33 bits per heavy atom. The van der Waals surface area contributed by atoms with Crippen molar-refractivity contribution < 1.29 is 13.5 Å². The summed E-state index contributed by atoms with van der Waals surface area (Å²) < 4.78 is 30.3. The van der Waals surface area contributed by atoms with E-state index in [0.29, 0.717) is 12.6 Å². The van der Waals surface area contributed by atoms with Crippen molar-refractivity contribution in [1.29, 1.82) is 0 Å². The van der Waals surface area contributed by atoms with Gasteiger partial charge in [0.25, 0.3) is 0 Å². The van der Waals surface area contributed by atoms with Crippen LogP contribution in [0.5, 0.6) is 5.75 Å². The second kappa shape index (κ2) is 6.58. The van der Waals surface area contributed by atoms with Crippen LogP contribution in [0.15, 0.2) is 22.7 Å². The van der Waals surface area contributed by atoms with Gasteiger partial charge in [0.2, 0.25) is 0 Å². The molecule has 1 N–H and O–H groups in total. The predicted octanol–water partition coefficient (Wildman–Crippen LogP) is 3.38. The van der Waals surface area contributed by atoms with Crippen LogP contribution in [0, 0.1) is 0 Å². The summed E-state index contributed by atoms with van der Waals surface area (Å²) in [5.41, 5.74) is 0.759. The van der Waals surface area contributed by atoms with E-state index in [1.165, 1.54) is 12.8 Å². The SMILES string of the molecule is FC(F)Oc1ccc(Br)cc1CNC1CCN(C2CC2)C1. The third-order valence-electron chi connectivity index (χ3n) is 4.10. The molecule has 0 amide bonds. The molecule has 1 aliphatic carbocycles. The summed E-state index contributed by atoms with van der Waals surface area (Å²) in [5, 5.41) is 3.46. The van der Waals surface area contributed by atoms with Crippen LogP contribution >= 0.6 is 15.9 Å². The third-order valence-corrected chi connectivity index (χ3v) is 4.60. The van der Waals surface area contributed by atoms with E-state index in [0.717, 1.165) is 35.6 Å². The molecule has 6 heteroatoms. The Labute approximate surface area is 131 Å². The van der Waals surface area contributed by atoms with Crippen LogP contribution in [-0.4, -0.2) is 36.7 Å². The normalized spacial score (nSPS) is 23.0. The van der Waals surface area contributed by atoms with Crippen LogP contribution < -0.4 is 10.1 Å². The maximum atomic E-state index is 12.4. The fourth-order valence-corrected chi connectivity index (χ4v) is 3.29. The molecule has 1 saturated carbocycles. The molecule has 1 saturated heterocycles. The number of rotatable bonds is 6. The van der Waals surface area contributed by atoms with Gasteiger partial charge in [-0.1, -0.05) is 15.9 Å². The molecule has 3 rings (SSSR count). The molecule has 0 spiro atoms. The van der Waals surface area contributed by atoms with Crippen LogP contribution in [0.2, 0.25) is 0 Å². The van der Waals surface area contributed by atoms with Gasteiger partial charge in [0.1, 0.15) is 5.75 Å². The highest BCUT2D eigenvalue weighted by atomic mass is 79.9. The average molecular weight is 361 g/mol. The molecule has 1 aromatic carbocycles. The zero-order valence-corrected chi connectivity index (χ0v) is 13.3. The fourth-order valence-electron chi connectivity index (χ4n) is 2.88. The summed E-state index contributed by atoms with van der Waals surface area (Å²) in [5.74, 6) is 0.248. The molecule has 0 aromatic heterocycles. The standard InChI is InChI=1S/C15H19BrF2N2O/c16-11-1-4-14(21-15(17)18)10(7-11)8-19-12-5-6-20(9-12)13-2-3-13/h1,4,7,12-13,15,19H,2-3,5-6,8-9H2. The van der Waals surface area contributed by atoms with E-state index < -0.39 is 6.61 Å². The zero-order chi connectivity index (χ0) is 14.8. The van der Waals surface area contributed by atoms with Crippen molar-refractivity contribution in [3.05, 3.63) is 28.2 Å². The minimum atomic E-state index is -2.79. The van der Waals surface area contributed by atoms with Crippen LogP contribution in [0.3, 0.4) is 0 Å². The molecule has 0 radical (unpaired) electrons. The second-order valence-electron chi connectivity index (χ2n) is 5.72. The Kier molecular flexibility index (Phi) is 4.76. The lowest BCUT2D eigenvalue weighted by atomic mass is 10.2. The van der Waals surface area contributed by atoms with E-state index in [-0.39, 0.29) is 5.75 Å². The van der Waals surface area contributed by atoms with Crippen LogP contribution in [0.25, 0.3) is 0 Å². The monoisotopic (exact) mass is 360 g/mol. The summed E-state index contributed by atoms with van der Waals surface area (Å²) in [6.45, 7) is -0.0444. The molecular weight excluding hydrogens is 342 g/mol. The minimum absolute atomic E-state index is 0.248. The van der Waals surface area contributed by atoms with Gasteiger partial charge in [-0.3, -0.25) is 4.90 Å². The summed E-state index contributed by atoms with van der Waals surface area (Å²) >= 11 is 3.37. The Balaban J connectivity index is 1.57. The van der Waals surface area contributed by atoms with Gasteiger partial charge in [-0.2, -0.15) is 8.78 Å². The molecule has 1 atom stereocenters. The van der Waals surface area contributed by atoms with Crippen molar-refractivity contribution in [2.24, 2.45) is 0 Å². The van der Waals surface area contributed by atoms with Gasteiger partial charge < -0.3 is 10.1 Å². The molecule has 116 valence electrons. The largest absolute Gasteiger partial charge is 0.434 e. The third kappa shape index (κ3) is 4.14. The number of nitrogens with one attached hydrogen (secondary N) is 1. The number of halogens is 3. The molecule has 3 nitrogen and oxygen atoms in total. The lowest BCUT2D eigenvalue weighted by molar-refractivity contribution is -0.0505. The first-order valence-corrected chi connectivity index (χ1v) is 8.12. The van der Waals surface area contributed by atoms with Crippen molar-refractivity contribution >= 4 is 15.9 Å². The summed E-state index contributed by atoms with van der Waals surface area (Å²) in [7, 11) is 0. The second-order valence-corrected chi connectivity index (χ2v) is 6.64. The number of hydrogen-bond acceptors (Lipinski definition) is 3. The van der Waals surface area contributed by atoms with E-state index in [1.807, 2.05) is 6.07 Å². The van der Waals surface area contributed by atoms with Crippen LogP contribution in [0.1, 0.15) is 24.8 Å². The number of hydrogen-bond donors (Lipinski definition) is 1. The van der Waals surface area contributed by atoms with Gasteiger partial charge in [-0.15, -0.1) is 0 Å². The van der Waals surface area contributed by atoms with Crippen molar-refractivity contribution in [2.75, 3.05) is 13.1 Å². The lowest BCUT2D eigenvalue weighted by Crippen LogP contribution is -2.33. The van der Waals surface area contributed by atoms with Gasteiger partial charge >= 0.3 is 6.61 Å². The number of alkyl halides is 2. The number of ether oxygens (including phenoxy) is 1. The minimum Gasteiger partial charge on any atom is -0.434 e. The summed E-state index contributed by atoms with van der Waals surface area (Å²) in [6, 6.07) is 6.35. The first-order valence-electron chi connectivity index (χ1n) is 7.32. The maximum Gasteiger partial charge on any atom is 0.387 e. The maximum absolute atomic E-state index is 12.4. The quantitative estimate of drug-likeness (QED) is 0.841. The number of nitrogens with zero attached hydrogens (tertiary/aromatic N) is 1. The molecule has 0 bridgehead atoms. The van der Waals surface area contributed by atoms with E-state index in [2.05, 4.69) is 30.9 Å². The van der Waals surface area contributed by atoms with Crippen LogP contribution in [-0.2, 0) is 6.54 Å². The van der Waals surface area contributed by atoms with Gasteiger partial charge in [-0.05, 0) is 37.5 Å². The topological polar surface area (TPSA) is 24.5 Å².